The molecule has 5 nitrogen and oxygen atoms in total. The number of aliphatic hydroxyl groups is 1. The molecule has 1 aliphatic heterocycles. The van der Waals surface area contributed by atoms with Crippen LogP contribution in [-0.2, 0) is 10.0 Å². The van der Waals surface area contributed by atoms with Crippen LogP contribution in [0.15, 0.2) is 29.2 Å². The van der Waals surface area contributed by atoms with Crippen LogP contribution in [0.1, 0.15) is 26.7 Å². The van der Waals surface area contributed by atoms with Gasteiger partial charge >= 0.3 is 0 Å². The van der Waals surface area contributed by atoms with Crippen molar-refractivity contribution in [2.45, 2.75) is 37.2 Å². The summed E-state index contributed by atoms with van der Waals surface area (Å²) >= 11 is 0. The maximum atomic E-state index is 12.0. The lowest BCUT2D eigenvalue weighted by Gasteiger charge is -2.21. The Morgan fingerprint density at radius 3 is 2.50 bits per heavy atom. The highest BCUT2D eigenvalue weighted by molar-refractivity contribution is 7.89. The second-order valence-electron chi connectivity index (χ2n) is 5.56. The molecular formula is C14H22N2O3S. The van der Waals surface area contributed by atoms with Crippen molar-refractivity contribution in [3.05, 3.63) is 24.3 Å². The van der Waals surface area contributed by atoms with Crippen LogP contribution in [-0.4, -0.2) is 38.8 Å². The molecule has 2 N–H and O–H groups in total. The summed E-state index contributed by atoms with van der Waals surface area (Å²) in [6.07, 6.45) is 1.49. The van der Waals surface area contributed by atoms with Crippen molar-refractivity contribution < 1.29 is 13.5 Å². The summed E-state index contributed by atoms with van der Waals surface area (Å²) < 4.78 is 26.5. The van der Waals surface area contributed by atoms with Gasteiger partial charge in [-0.1, -0.05) is 6.92 Å². The zero-order valence-corrected chi connectivity index (χ0v) is 12.8. The first kappa shape index (κ1) is 15.3. The Hall–Kier alpha value is -1.11. The average molecular weight is 298 g/mol. The van der Waals surface area contributed by atoms with Gasteiger partial charge in [0.1, 0.15) is 0 Å². The van der Waals surface area contributed by atoms with E-state index in [1.807, 2.05) is 13.8 Å². The second kappa shape index (κ2) is 5.71. The summed E-state index contributed by atoms with van der Waals surface area (Å²) in [6.45, 7) is 5.55. The third kappa shape index (κ3) is 3.50. The number of rotatable bonds is 5. The number of β-amino-alcohol motifs (C(OH)–C–C–N with tert-alkyl or cyclic N) is 1. The quantitative estimate of drug-likeness (QED) is 0.860. The SMILES string of the molecule is CCCNS(=O)(=O)c1ccc(N2CCC(C)(O)C2)cc1. The van der Waals surface area contributed by atoms with Gasteiger partial charge in [-0.25, -0.2) is 13.1 Å². The monoisotopic (exact) mass is 298 g/mol. The van der Waals surface area contributed by atoms with Crippen LogP contribution in [0, 0.1) is 0 Å². The second-order valence-corrected chi connectivity index (χ2v) is 7.33. The van der Waals surface area contributed by atoms with E-state index in [1.165, 1.54) is 0 Å². The molecule has 2 rings (SSSR count). The average Bonchev–Trinajstić information content (AvgIpc) is 2.77. The van der Waals surface area contributed by atoms with Crippen molar-refractivity contribution in [1.29, 1.82) is 0 Å². The number of benzene rings is 1. The summed E-state index contributed by atoms with van der Waals surface area (Å²) in [5.74, 6) is 0. The number of anilines is 1. The van der Waals surface area contributed by atoms with E-state index in [0.717, 1.165) is 25.1 Å². The largest absolute Gasteiger partial charge is 0.388 e. The molecule has 1 saturated heterocycles. The Morgan fingerprint density at radius 2 is 2.00 bits per heavy atom. The van der Waals surface area contributed by atoms with Gasteiger partial charge in [-0.15, -0.1) is 0 Å². The minimum absolute atomic E-state index is 0.278. The van der Waals surface area contributed by atoms with Gasteiger partial charge in [0.05, 0.1) is 10.5 Å². The molecule has 0 bridgehead atoms. The molecule has 0 aromatic heterocycles. The fourth-order valence-corrected chi connectivity index (χ4v) is 3.46. The molecule has 0 saturated carbocycles. The summed E-state index contributed by atoms with van der Waals surface area (Å²) in [6, 6.07) is 6.81. The van der Waals surface area contributed by atoms with Crippen molar-refractivity contribution >= 4 is 15.7 Å². The molecule has 0 amide bonds. The van der Waals surface area contributed by atoms with Crippen LogP contribution in [0.4, 0.5) is 5.69 Å². The van der Waals surface area contributed by atoms with E-state index in [1.54, 1.807) is 24.3 Å². The first-order valence-electron chi connectivity index (χ1n) is 6.91. The highest BCUT2D eigenvalue weighted by atomic mass is 32.2. The first-order valence-corrected chi connectivity index (χ1v) is 8.39. The van der Waals surface area contributed by atoms with Crippen LogP contribution in [0.25, 0.3) is 0 Å². The molecule has 1 heterocycles. The number of nitrogens with zero attached hydrogens (tertiary/aromatic N) is 1. The van der Waals surface area contributed by atoms with Crippen LogP contribution < -0.4 is 9.62 Å². The topological polar surface area (TPSA) is 69.6 Å². The van der Waals surface area contributed by atoms with Crippen molar-refractivity contribution in [1.82, 2.24) is 4.72 Å². The zero-order valence-electron chi connectivity index (χ0n) is 12.0. The lowest BCUT2D eigenvalue weighted by atomic mass is 10.1. The van der Waals surface area contributed by atoms with E-state index in [4.69, 9.17) is 0 Å². The maximum Gasteiger partial charge on any atom is 0.240 e. The fourth-order valence-electron chi connectivity index (χ4n) is 2.32. The van der Waals surface area contributed by atoms with Crippen LogP contribution in [0.2, 0.25) is 0 Å². The Kier molecular flexibility index (Phi) is 4.36. The molecule has 1 unspecified atom stereocenters. The summed E-state index contributed by atoms with van der Waals surface area (Å²) in [5, 5.41) is 9.96. The molecule has 20 heavy (non-hydrogen) atoms. The first-order chi connectivity index (χ1) is 9.34. The Labute approximate surface area is 120 Å². The van der Waals surface area contributed by atoms with Gasteiger partial charge in [-0.2, -0.15) is 0 Å². The summed E-state index contributed by atoms with van der Waals surface area (Å²) in [5.41, 5.74) is 0.283. The van der Waals surface area contributed by atoms with E-state index < -0.39 is 15.6 Å². The third-order valence-corrected chi connectivity index (χ3v) is 4.98. The van der Waals surface area contributed by atoms with Gasteiger partial charge in [0.2, 0.25) is 10.0 Å². The number of nitrogens with one attached hydrogen (secondary N) is 1. The smallest absolute Gasteiger partial charge is 0.240 e. The van der Waals surface area contributed by atoms with Gasteiger partial charge < -0.3 is 10.0 Å². The minimum atomic E-state index is -3.40. The number of sulfonamides is 1. The molecule has 1 atom stereocenters. The molecule has 1 aromatic rings. The molecular weight excluding hydrogens is 276 g/mol. The molecule has 0 radical (unpaired) electrons. The van der Waals surface area contributed by atoms with E-state index in [-0.39, 0.29) is 4.90 Å². The van der Waals surface area contributed by atoms with Crippen molar-refractivity contribution in [2.75, 3.05) is 24.5 Å². The van der Waals surface area contributed by atoms with Crippen molar-refractivity contribution in [3.8, 4) is 0 Å². The zero-order chi connectivity index (χ0) is 14.8. The summed E-state index contributed by atoms with van der Waals surface area (Å²) in [7, 11) is -3.40. The van der Waals surface area contributed by atoms with Crippen LogP contribution in [0.5, 0.6) is 0 Å². The highest BCUT2D eigenvalue weighted by Crippen LogP contribution is 2.27. The maximum absolute atomic E-state index is 12.0. The molecule has 112 valence electrons. The standard InChI is InChI=1S/C14H22N2O3S/c1-3-9-15-20(18,19)13-6-4-12(5-7-13)16-10-8-14(2,17)11-16/h4-7,15,17H,3,8-11H2,1-2H3. The van der Waals surface area contributed by atoms with Gasteiger partial charge in [0.25, 0.3) is 0 Å². The Balaban J connectivity index is 2.11. The van der Waals surface area contributed by atoms with E-state index >= 15 is 0 Å². The Morgan fingerprint density at radius 1 is 1.35 bits per heavy atom. The molecule has 1 aromatic carbocycles. The Bertz CT molecular complexity index is 552. The molecule has 0 spiro atoms. The molecule has 0 aliphatic carbocycles. The number of hydrogen-bond donors (Lipinski definition) is 2. The van der Waals surface area contributed by atoms with E-state index in [9.17, 15) is 13.5 Å². The molecule has 1 aliphatic rings. The van der Waals surface area contributed by atoms with Crippen LogP contribution in [0.3, 0.4) is 0 Å². The van der Waals surface area contributed by atoms with E-state index in [2.05, 4.69) is 9.62 Å². The lowest BCUT2D eigenvalue weighted by molar-refractivity contribution is 0.0839. The van der Waals surface area contributed by atoms with Crippen LogP contribution >= 0.6 is 0 Å². The predicted molar refractivity (Wildman–Crippen MR) is 79.4 cm³/mol. The van der Waals surface area contributed by atoms with Crippen molar-refractivity contribution in [3.63, 3.8) is 0 Å². The van der Waals surface area contributed by atoms with Gasteiger partial charge in [0, 0.05) is 25.3 Å². The lowest BCUT2D eigenvalue weighted by Crippen LogP contribution is -2.29. The molecule has 6 heteroatoms. The molecule has 1 fully saturated rings. The fraction of sp³-hybridized carbons (Fsp3) is 0.571. The van der Waals surface area contributed by atoms with E-state index in [0.29, 0.717) is 13.1 Å². The minimum Gasteiger partial charge on any atom is -0.388 e. The highest BCUT2D eigenvalue weighted by Gasteiger charge is 2.31. The van der Waals surface area contributed by atoms with Gasteiger partial charge in [0.15, 0.2) is 0 Å². The number of hydrogen-bond acceptors (Lipinski definition) is 4. The van der Waals surface area contributed by atoms with Crippen molar-refractivity contribution in [2.24, 2.45) is 0 Å². The predicted octanol–water partition coefficient (Wildman–Crippen LogP) is 1.34. The third-order valence-electron chi connectivity index (χ3n) is 3.51. The summed E-state index contributed by atoms with van der Waals surface area (Å²) in [4.78, 5) is 2.34. The van der Waals surface area contributed by atoms with Gasteiger partial charge in [-0.05, 0) is 44.0 Å². The normalized spacial score (nSPS) is 23.2. The van der Waals surface area contributed by atoms with Gasteiger partial charge in [-0.3, -0.25) is 0 Å².